The van der Waals surface area contributed by atoms with Gasteiger partial charge >= 0.3 is 0 Å². The van der Waals surface area contributed by atoms with E-state index in [9.17, 15) is 14.9 Å². The van der Waals surface area contributed by atoms with Gasteiger partial charge in [0.2, 0.25) is 5.91 Å². The van der Waals surface area contributed by atoms with Gasteiger partial charge in [-0.05, 0) is 44.0 Å². The Morgan fingerprint density at radius 1 is 1.17 bits per heavy atom. The lowest BCUT2D eigenvalue weighted by Crippen LogP contribution is -2.37. The van der Waals surface area contributed by atoms with E-state index in [4.69, 9.17) is 9.47 Å². The summed E-state index contributed by atoms with van der Waals surface area (Å²) in [4.78, 5) is 25.9. The predicted octanol–water partition coefficient (Wildman–Crippen LogP) is 4.16. The maximum atomic E-state index is 12.5. The molecule has 1 heterocycles. The lowest BCUT2D eigenvalue weighted by molar-refractivity contribution is -0.127. The zero-order valence-electron chi connectivity index (χ0n) is 16.5. The van der Waals surface area contributed by atoms with E-state index in [0.717, 1.165) is 22.9 Å². The minimum Gasteiger partial charge on any atom is -0.493 e. The normalized spacial score (nSPS) is 16.2. The molecule has 3 rings (SSSR count). The molecular weight excluding hydrogens is 388 g/mol. The molecule has 7 heteroatoms. The molecular formula is C22H22N2O4S. The molecule has 0 bridgehead atoms. The monoisotopic (exact) mass is 410 g/mol. The Labute approximate surface area is 174 Å². The number of ether oxygens (including phenoxy) is 2. The number of benzene rings is 2. The van der Waals surface area contributed by atoms with Crippen LogP contribution in [0.25, 0.3) is 0 Å². The molecule has 1 aliphatic rings. The first-order valence-corrected chi connectivity index (χ1v) is 10.1. The van der Waals surface area contributed by atoms with Crippen molar-refractivity contribution in [2.24, 2.45) is 0 Å². The van der Waals surface area contributed by atoms with E-state index in [1.54, 1.807) is 19.2 Å². The SMILES string of the molecule is COc1cc(CC2SC(=O)N(C(C)C)C2=O)ccc1OCc1ccccc1C#N. The summed E-state index contributed by atoms with van der Waals surface area (Å²) in [5.74, 6) is 0.941. The molecule has 0 N–H and O–H groups in total. The lowest BCUT2D eigenvalue weighted by Gasteiger charge is -2.18. The van der Waals surface area contributed by atoms with Gasteiger partial charge in [0.1, 0.15) is 6.61 Å². The van der Waals surface area contributed by atoms with Crippen LogP contribution in [0.1, 0.15) is 30.5 Å². The third kappa shape index (κ3) is 4.54. The fourth-order valence-corrected chi connectivity index (χ4v) is 4.30. The van der Waals surface area contributed by atoms with Crippen LogP contribution in [0.2, 0.25) is 0 Å². The van der Waals surface area contributed by atoms with Gasteiger partial charge in [0.05, 0.1) is 24.0 Å². The first kappa shape index (κ1) is 20.7. The highest BCUT2D eigenvalue weighted by molar-refractivity contribution is 8.15. The molecule has 2 amide bonds. The zero-order valence-corrected chi connectivity index (χ0v) is 17.4. The number of carbonyl (C=O) groups is 2. The minimum atomic E-state index is -0.427. The van der Waals surface area contributed by atoms with Gasteiger partial charge in [-0.2, -0.15) is 5.26 Å². The molecule has 1 saturated heterocycles. The Hall–Kier alpha value is -2.98. The van der Waals surface area contributed by atoms with Gasteiger partial charge in [-0.1, -0.05) is 36.0 Å². The van der Waals surface area contributed by atoms with Gasteiger partial charge in [0.15, 0.2) is 11.5 Å². The Bertz CT molecular complexity index is 968. The predicted molar refractivity (Wildman–Crippen MR) is 111 cm³/mol. The highest BCUT2D eigenvalue weighted by atomic mass is 32.2. The van der Waals surface area contributed by atoms with E-state index in [-0.39, 0.29) is 23.8 Å². The van der Waals surface area contributed by atoms with Crippen molar-refractivity contribution in [3.63, 3.8) is 0 Å². The summed E-state index contributed by atoms with van der Waals surface area (Å²) >= 11 is 1.07. The average Bonchev–Trinajstić information content (AvgIpc) is 3.00. The zero-order chi connectivity index (χ0) is 21.0. The van der Waals surface area contributed by atoms with Gasteiger partial charge < -0.3 is 9.47 Å². The number of nitriles is 1. The molecule has 0 saturated carbocycles. The minimum absolute atomic E-state index is 0.144. The Morgan fingerprint density at radius 2 is 1.93 bits per heavy atom. The first-order chi connectivity index (χ1) is 13.9. The van der Waals surface area contributed by atoms with E-state index in [1.165, 1.54) is 4.90 Å². The van der Waals surface area contributed by atoms with Crippen molar-refractivity contribution in [1.29, 1.82) is 5.26 Å². The van der Waals surface area contributed by atoms with Crippen LogP contribution in [0.4, 0.5) is 4.79 Å². The summed E-state index contributed by atoms with van der Waals surface area (Å²) in [5, 5.41) is 8.57. The van der Waals surface area contributed by atoms with E-state index in [1.807, 2.05) is 44.2 Å². The summed E-state index contributed by atoms with van der Waals surface area (Å²) in [6, 6.07) is 14.7. The highest BCUT2D eigenvalue weighted by Crippen LogP contribution is 2.34. The van der Waals surface area contributed by atoms with Crippen molar-refractivity contribution < 1.29 is 19.1 Å². The number of rotatable bonds is 7. The molecule has 150 valence electrons. The van der Waals surface area contributed by atoms with Crippen molar-refractivity contribution in [3.05, 3.63) is 59.2 Å². The fraction of sp³-hybridized carbons (Fsp3) is 0.318. The number of imide groups is 1. The molecule has 2 aromatic rings. The fourth-order valence-electron chi connectivity index (χ4n) is 3.15. The number of carbonyl (C=O) groups excluding carboxylic acids is 2. The van der Waals surface area contributed by atoms with Crippen molar-refractivity contribution >= 4 is 22.9 Å². The summed E-state index contributed by atoms with van der Waals surface area (Å²) in [6.45, 7) is 3.91. The second kappa shape index (κ2) is 9.01. The van der Waals surface area contributed by atoms with Gasteiger partial charge in [-0.25, -0.2) is 0 Å². The number of methoxy groups -OCH3 is 1. The van der Waals surface area contributed by atoms with E-state index >= 15 is 0 Å². The molecule has 0 radical (unpaired) electrons. The molecule has 0 aromatic heterocycles. The van der Waals surface area contributed by atoms with Gasteiger partial charge in [-0.15, -0.1) is 0 Å². The van der Waals surface area contributed by atoms with Crippen molar-refractivity contribution in [2.75, 3.05) is 7.11 Å². The number of nitrogens with zero attached hydrogens (tertiary/aromatic N) is 2. The van der Waals surface area contributed by atoms with Crippen LogP contribution in [-0.2, 0) is 17.8 Å². The standard InChI is InChI=1S/C22H22N2O4S/c1-14(2)24-21(25)20(29-22(24)26)11-15-8-9-18(19(10-15)27-3)28-13-17-7-5-4-6-16(17)12-23/h4-10,14,20H,11,13H2,1-3H3. The Kier molecular flexibility index (Phi) is 6.45. The largest absolute Gasteiger partial charge is 0.493 e. The van der Waals surface area contributed by atoms with Crippen LogP contribution in [-0.4, -0.2) is 34.4 Å². The van der Waals surface area contributed by atoms with Gasteiger partial charge in [0, 0.05) is 11.6 Å². The number of thioether (sulfide) groups is 1. The van der Waals surface area contributed by atoms with E-state index in [2.05, 4.69) is 6.07 Å². The molecule has 2 aromatic carbocycles. The highest BCUT2D eigenvalue weighted by Gasteiger charge is 2.40. The van der Waals surface area contributed by atoms with Crippen molar-refractivity contribution in [2.45, 2.75) is 38.2 Å². The van der Waals surface area contributed by atoms with Crippen LogP contribution in [0.3, 0.4) is 0 Å². The van der Waals surface area contributed by atoms with Gasteiger partial charge in [-0.3, -0.25) is 14.5 Å². The molecule has 6 nitrogen and oxygen atoms in total. The Balaban J connectivity index is 1.72. The van der Waals surface area contributed by atoms with Crippen LogP contribution >= 0.6 is 11.8 Å². The third-order valence-corrected chi connectivity index (χ3v) is 5.69. The summed E-state index contributed by atoms with van der Waals surface area (Å²) in [6.07, 6.45) is 0.437. The second-order valence-electron chi connectivity index (χ2n) is 6.92. The number of amides is 2. The third-order valence-electron chi connectivity index (χ3n) is 4.64. The lowest BCUT2D eigenvalue weighted by atomic mass is 10.1. The van der Waals surface area contributed by atoms with E-state index < -0.39 is 5.25 Å². The van der Waals surface area contributed by atoms with Crippen LogP contribution in [0.15, 0.2) is 42.5 Å². The van der Waals surface area contributed by atoms with Crippen LogP contribution < -0.4 is 9.47 Å². The molecule has 1 fully saturated rings. The summed E-state index contributed by atoms with van der Waals surface area (Å²) in [7, 11) is 1.55. The van der Waals surface area contributed by atoms with Gasteiger partial charge in [0.25, 0.3) is 5.24 Å². The van der Waals surface area contributed by atoms with Crippen LogP contribution in [0.5, 0.6) is 11.5 Å². The molecule has 1 unspecified atom stereocenters. The smallest absolute Gasteiger partial charge is 0.289 e. The molecule has 0 aliphatic carbocycles. The maximum absolute atomic E-state index is 12.5. The van der Waals surface area contributed by atoms with Crippen LogP contribution in [0, 0.1) is 11.3 Å². The molecule has 1 atom stereocenters. The Morgan fingerprint density at radius 3 is 2.59 bits per heavy atom. The maximum Gasteiger partial charge on any atom is 0.289 e. The van der Waals surface area contributed by atoms with E-state index in [0.29, 0.717) is 23.5 Å². The summed E-state index contributed by atoms with van der Waals surface area (Å²) < 4.78 is 11.3. The average molecular weight is 410 g/mol. The number of hydrogen-bond donors (Lipinski definition) is 0. The molecule has 1 aliphatic heterocycles. The second-order valence-corrected chi connectivity index (χ2v) is 8.08. The van der Waals surface area contributed by atoms with Crippen molar-refractivity contribution in [3.8, 4) is 17.6 Å². The quantitative estimate of drug-likeness (QED) is 0.682. The molecule has 29 heavy (non-hydrogen) atoms. The number of hydrogen-bond acceptors (Lipinski definition) is 6. The molecule has 0 spiro atoms. The topological polar surface area (TPSA) is 79.6 Å². The first-order valence-electron chi connectivity index (χ1n) is 9.26. The summed E-state index contributed by atoms with van der Waals surface area (Å²) in [5.41, 5.74) is 2.25. The van der Waals surface area contributed by atoms with Crippen molar-refractivity contribution in [1.82, 2.24) is 4.90 Å².